The Balaban J connectivity index is 1.28. The summed E-state index contributed by atoms with van der Waals surface area (Å²) in [4.78, 5) is 39.9. The van der Waals surface area contributed by atoms with E-state index in [9.17, 15) is 34.8 Å². The molecule has 0 aromatic carbocycles. The Bertz CT molecular complexity index is 1380. The Kier molecular flexibility index (Phi) is 4.39. The van der Waals surface area contributed by atoms with Gasteiger partial charge in [-0.3, -0.25) is 14.4 Å². The fourth-order valence-corrected chi connectivity index (χ4v) is 11.7. The maximum Gasteiger partial charge on any atom is 0.311 e. The first kappa shape index (κ1) is 26.7. The predicted octanol–water partition coefficient (Wildman–Crippen LogP) is -0.953. The Morgan fingerprint density at radius 3 is 2.36 bits per heavy atom. The highest BCUT2D eigenvalue weighted by atomic mass is 16.8. The number of ether oxygens (including phenoxy) is 6. The number of hydrogen-bond acceptors (Lipinski definition) is 13. The van der Waals surface area contributed by atoms with Gasteiger partial charge >= 0.3 is 11.9 Å². The molecule has 16 atom stereocenters. The number of hydrogen-bond donors (Lipinski definition) is 4. The molecule has 0 aromatic heterocycles. The standard InChI is InChI=1S/C29H36O13/c1-11-17-18(37-20(11)32)16-19-23(3,21(33)24(16,4)34)27(35)9-25-8-26-12(22(2,10-30)38-14(26)7-15(31)39-26)5-6-13(25)28(36,42-27)29(19,40-17)41-25/h11-14,16-19,30,34-36H,5-10H2,1-4H3/t11-,12-,13-,14+,16+,17+,18+,19-,22-,23-,24+,25+,26+,27+,28-,29-/m0/s1. The maximum absolute atomic E-state index is 14.3. The van der Waals surface area contributed by atoms with Crippen LogP contribution in [0.25, 0.3) is 0 Å². The Labute approximate surface area is 240 Å². The summed E-state index contributed by atoms with van der Waals surface area (Å²) in [5.74, 6) is -12.7. The summed E-state index contributed by atoms with van der Waals surface area (Å²) in [5, 5.41) is 47.4. The van der Waals surface area contributed by atoms with Crippen molar-refractivity contribution in [2.45, 2.75) is 118 Å². The summed E-state index contributed by atoms with van der Waals surface area (Å²) in [6.45, 7) is 5.92. The lowest BCUT2D eigenvalue weighted by Crippen LogP contribution is -2.80. The van der Waals surface area contributed by atoms with Gasteiger partial charge in [-0.05, 0) is 40.5 Å². The van der Waals surface area contributed by atoms with Crippen LogP contribution in [0.4, 0.5) is 0 Å². The van der Waals surface area contributed by atoms with E-state index in [-0.39, 0.29) is 32.3 Å². The van der Waals surface area contributed by atoms with E-state index in [1.54, 1.807) is 13.8 Å². The van der Waals surface area contributed by atoms with E-state index in [4.69, 9.17) is 28.4 Å². The van der Waals surface area contributed by atoms with Crippen LogP contribution in [0.5, 0.6) is 0 Å². The Hall–Kier alpha value is -1.71. The fourth-order valence-electron chi connectivity index (χ4n) is 11.7. The van der Waals surface area contributed by atoms with E-state index in [0.717, 1.165) is 0 Å². The summed E-state index contributed by atoms with van der Waals surface area (Å²) in [6.07, 6.45) is -2.37. The number of carbonyl (C=O) groups excluding carboxylic acids is 3. The van der Waals surface area contributed by atoms with Crippen molar-refractivity contribution in [3.05, 3.63) is 0 Å². The quantitative estimate of drug-likeness (QED) is 0.273. The summed E-state index contributed by atoms with van der Waals surface area (Å²) >= 11 is 0. The largest absolute Gasteiger partial charge is 0.459 e. The first-order valence-corrected chi connectivity index (χ1v) is 15.0. The third-order valence-corrected chi connectivity index (χ3v) is 13.3. The van der Waals surface area contributed by atoms with Gasteiger partial charge in [0.05, 0.1) is 35.6 Å². The number of Topliss-reactive ketones (excluding diaryl/α,β-unsaturated/α-hetero) is 1. The van der Waals surface area contributed by atoms with Crippen LogP contribution in [0, 0.1) is 35.0 Å². The lowest BCUT2D eigenvalue weighted by Gasteiger charge is -2.64. The predicted molar refractivity (Wildman–Crippen MR) is 131 cm³/mol. The van der Waals surface area contributed by atoms with Crippen LogP contribution < -0.4 is 0 Å². The zero-order valence-electron chi connectivity index (χ0n) is 23.8. The number of rotatable bonds is 1. The molecule has 0 aromatic rings. The van der Waals surface area contributed by atoms with Gasteiger partial charge in [-0.2, -0.15) is 0 Å². The minimum absolute atomic E-state index is 0.00243. The van der Waals surface area contributed by atoms with Crippen molar-refractivity contribution in [2.24, 2.45) is 35.0 Å². The molecule has 9 fully saturated rings. The van der Waals surface area contributed by atoms with Crippen molar-refractivity contribution < 1.29 is 63.2 Å². The molecule has 13 heteroatoms. The molecule has 2 spiro atoms. The van der Waals surface area contributed by atoms with Crippen LogP contribution in [0.2, 0.25) is 0 Å². The maximum atomic E-state index is 14.3. The number of ketones is 1. The molecule has 7 aliphatic heterocycles. The van der Waals surface area contributed by atoms with Gasteiger partial charge in [0, 0.05) is 36.5 Å². The second-order valence-electron chi connectivity index (χ2n) is 15.1. The highest BCUT2D eigenvalue weighted by Gasteiger charge is 2.96. The molecule has 7 heterocycles. The minimum Gasteiger partial charge on any atom is -0.459 e. The number of fused-ring (bicyclic) bond motifs is 4. The van der Waals surface area contributed by atoms with Crippen molar-refractivity contribution in [3.63, 3.8) is 0 Å². The molecule has 230 valence electrons. The molecule has 0 radical (unpaired) electrons. The van der Waals surface area contributed by atoms with E-state index in [2.05, 4.69) is 0 Å². The lowest BCUT2D eigenvalue weighted by molar-refractivity contribution is -0.506. The monoisotopic (exact) mass is 592 g/mol. The fraction of sp³-hybridized carbons (Fsp3) is 0.897. The van der Waals surface area contributed by atoms with Gasteiger partial charge in [-0.15, -0.1) is 0 Å². The third kappa shape index (κ3) is 2.33. The molecule has 7 saturated heterocycles. The molecular weight excluding hydrogens is 556 g/mol. The van der Waals surface area contributed by atoms with Crippen LogP contribution >= 0.6 is 0 Å². The average Bonchev–Trinajstić information content (AvgIpc) is 3.45. The van der Waals surface area contributed by atoms with Gasteiger partial charge in [0.15, 0.2) is 11.6 Å². The summed E-state index contributed by atoms with van der Waals surface area (Å²) in [6, 6.07) is 0. The lowest BCUT2D eigenvalue weighted by atomic mass is 9.54. The van der Waals surface area contributed by atoms with E-state index in [0.29, 0.717) is 6.42 Å². The van der Waals surface area contributed by atoms with Crippen molar-refractivity contribution >= 4 is 17.7 Å². The Morgan fingerprint density at radius 1 is 0.929 bits per heavy atom. The van der Waals surface area contributed by atoms with Gasteiger partial charge in [0.1, 0.15) is 29.5 Å². The van der Waals surface area contributed by atoms with E-state index >= 15 is 0 Å². The summed E-state index contributed by atoms with van der Waals surface area (Å²) in [7, 11) is 0. The Morgan fingerprint density at radius 2 is 1.64 bits per heavy atom. The molecule has 42 heavy (non-hydrogen) atoms. The van der Waals surface area contributed by atoms with Crippen LogP contribution in [0.15, 0.2) is 0 Å². The van der Waals surface area contributed by atoms with E-state index in [1.807, 2.05) is 0 Å². The first-order valence-electron chi connectivity index (χ1n) is 15.0. The number of aliphatic hydroxyl groups is 4. The van der Waals surface area contributed by atoms with Gasteiger partial charge in [-0.1, -0.05) is 0 Å². The molecular formula is C29H36O13. The molecule has 2 aliphatic carbocycles. The van der Waals surface area contributed by atoms with Crippen molar-refractivity contribution in [1.29, 1.82) is 0 Å². The van der Waals surface area contributed by atoms with Crippen molar-refractivity contribution in [3.8, 4) is 0 Å². The summed E-state index contributed by atoms with van der Waals surface area (Å²) in [5.41, 5.74) is -7.58. The number of aliphatic hydroxyl groups excluding tert-OH is 1. The second-order valence-corrected chi connectivity index (χ2v) is 15.1. The van der Waals surface area contributed by atoms with Crippen LogP contribution in [0.1, 0.15) is 59.8 Å². The van der Waals surface area contributed by atoms with Gasteiger partial charge < -0.3 is 48.8 Å². The SMILES string of the molecule is C[C@@H]1C(=O)O[C@H]2[C@@H]1O[C@@]13O[C@@]45C[C@]67OC(=O)C[C@H]6O[C@@](C)(CO)[C@@H]7CC[C@@H]4[C@]1(O)O[C@](O)(C5)[C@]1(C)C(=O)[C@](C)(O)[C@H]2[C@H]31. The first-order chi connectivity index (χ1) is 19.5. The van der Waals surface area contributed by atoms with Crippen LogP contribution in [-0.2, 0) is 42.8 Å². The van der Waals surface area contributed by atoms with Gasteiger partial charge in [-0.25, -0.2) is 0 Å². The second kappa shape index (κ2) is 6.91. The third-order valence-electron chi connectivity index (χ3n) is 13.3. The molecule has 2 saturated carbocycles. The zero-order chi connectivity index (χ0) is 29.8. The molecule has 4 N–H and O–H groups in total. The number of esters is 2. The molecule has 9 aliphatic rings. The smallest absolute Gasteiger partial charge is 0.311 e. The molecule has 13 nitrogen and oxygen atoms in total. The van der Waals surface area contributed by atoms with Crippen LogP contribution in [-0.4, -0.2) is 103 Å². The minimum atomic E-state index is -2.32. The molecule has 9 rings (SSSR count). The summed E-state index contributed by atoms with van der Waals surface area (Å²) < 4.78 is 38.1. The average molecular weight is 593 g/mol. The molecule has 0 amide bonds. The van der Waals surface area contributed by atoms with E-state index in [1.165, 1.54) is 13.8 Å². The van der Waals surface area contributed by atoms with Crippen molar-refractivity contribution in [2.75, 3.05) is 6.61 Å². The van der Waals surface area contributed by atoms with E-state index < -0.39 is 111 Å². The number of carbonyl (C=O) groups is 3. The van der Waals surface area contributed by atoms with Gasteiger partial charge in [0.2, 0.25) is 11.6 Å². The topological polar surface area (TPSA) is 188 Å². The van der Waals surface area contributed by atoms with Crippen molar-refractivity contribution in [1.82, 2.24) is 0 Å². The zero-order valence-corrected chi connectivity index (χ0v) is 23.8. The molecule has 3 bridgehead atoms. The highest BCUT2D eigenvalue weighted by Crippen LogP contribution is 2.80. The molecule has 0 unspecified atom stereocenters. The van der Waals surface area contributed by atoms with Crippen LogP contribution in [0.3, 0.4) is 0 Å². The van der Waals surface area contributed by atoms with Gasteiger partial charge in [0.25, 0.3) is 0 Å². The normalized spacial score (nSPS) is 66.6. The highest BCUT2D eigenvalue weighted by molar-refractivity contribution is 5.97.